The van der Waals surface area contributed by atoms with E-state index in [0.29, 0.717) is 0 Å². The van der Waals surface area contributed by atoms with Crippen LogP contribution in [0.3, 0.4) is 0 Å². The molecule has 8 aromatic rings. The molecule has 0 aromatic heterocycles. The Morgan fingerprint density at radius 3 is 1.42 bits per heavy atom. The van der Waals surface area contributed by atoms with Crippen molar-refractivity contribution in [1.29, 1.82) is 0 Å². The molecule has 8 aromatic carbocycles. The lowest BCUT2D eigenvalue weighted by Gasteiger charge is -2.31. The van der Waals surface area contributed by atoms with Crippen LogP contribution < -0.4 is 9.80 Å². The number of rotatable bonds is 4. The Kier molecular flexibility index (Phi) is 6.93. The minimum Gasteiger partial charge on any atom is -0.372 e. The number of benzene rings is 8. The zero-order valence-corrected chi connectivity index (χ0v) is 29.7. The molecule has 0 amide bonds. The van der Waals surface area contributed by atoms with Crippen LogP contribution in [0.15, 0.2) is 133 Å². The van der Waals surface area contributed by atoms with Crippen LogP contribution in [0.25, 0.3) is 87.6 Å². The summed E-state index contributed by atoms with van der Waals surface area (Å²) in [5, 5.41) is 10.7. The normalized spacial score (nSPS) is 15.6. The third-order valence-electron chi connectivity index (χ3n) is 12.4. The van der Waals surface area contributed by atoms with Gasteiger partial charge in [0.15, 0.2) is 0 Å². The molecule has 52 heavy (non-hydrogen) atoms. The van der Waals surface area contributed by atoms with E-state index in [1.165, 1.54) is 137 Å². The van der Waals surface area contributed by atoms with E-state index in [1.807, 2.05) is 0 Å². The van der Waals surface area contributed by atoms with Gasteiger partial charge in [0.05, 0.1) is 0 Å². The summed E-state index contributed by atoms with van der Waals surface area (Å²) in [7, 11) is 0. The summed E-state index contributed by atoms with van der Waals surface area (Å²) in [6.07, 6.45) is 7.71. The highest BCUT2D eigenvalue weighted by atomic mass is 15.1. The molecule has 3 aliphatic rings. The van der Waals surface area contributed by atoms with E-state index in [2.05, 4.69) is 143 Å². The van der Waals surface area contributed by atoms with E-state index in [1.54, 1.807) is 0 Å². The van der Waals surface area contributed by atoms with E-state index in [-0.39, 0.29) is 0 Å². The summed E-state index contributed by atoms with van der Waals surface area (Å²) in [5.41, 5.74) is 13.5. The fourth-order valence-corrected chi connectivity index (χ4v) is 9.95. The maximum absolute atomic E-state index is 2.62. The van der Waals surface area contributed by atoms with Gasteiger partial charge in [0, 0.05) is 37.6 Å². The first-order valence-corrected chi connectivity index (χ1v) is 19.5. The summed E-state index contributed by atoms with van der Waals surface area (Å²) in [4.78, 5) is 5.24. The Labute approximate surface area is 305 Å². The maximum atomic E-state index is 2.62. The summed E-state index contributed by atoms with van der Waals surface area (Å²) in [6, 6.07) is 51.4. The molecule has 0 spiro atoms. The molecule has 0 saturated carbocycles. The van der Waals surface area contributed by atoms with Crippen molar-refractivity contribution in [3.05, 3.63) is 133 Å². The van der Waals surface area contributed by atoms with Gasteiger partial charge in [-0.1, -0.05) is 109 Å². The minimum atomic E-state index is 1.13. The molecule has 0 bridgehead atoms. The number of piperidine rings is 2. The van der Waals surface area contributed by atoms with Gasteiger partial charge in [0.2, 0.25) is 0 Å². The molecule has 1 aliphatic carbocycles. The van der Waals surface area contributed by atoms with Crippen molar-refractivity contribution in [2.75, 3.05) is 36.0 Å². The first kappa shape index (κ1) is 30.1. The van der Waals surface area contributed by atoms with Gasteiger partial charge in [-0.05, 0) is 150 Å². The second-order valence-electron chi connectivity index (χ2n) is 15.3. The quantitative estimate of drug-likeness (QED) is 0.172. The van der Waals surface area contributed by atoms with E-state index in [0.717, 1.165) is 26.2 Å². The fraction of sp³-hybridized carbons (Fsp3) is 0.200. The Morgan fingerprint density at radius 1 is 0.308 bits per heavy atom. The molecule has 2 nitrogen and oxygen atoms in total. The van der Waals surface area contributed by atoms with Crippen molar-refractivity contribution in [1.82, 2.24) is 0 Å². The summed E-state index contributed by atoms with van der Waals surface area (Å²) >= 11 is 0. The van der Waals surface area contributed by atoms with Crippen LogP contribution in [-0.4, -0.2) is 26.2 Å². The molecule has 0 radical (unpaired) electrons. The van der Waals surface area contributed by atoms with Crippen molar-refractivity contribution < 1.29 is 0 Å². The van der Waals surface area contributed by atoms with Gasteiger partial charge >= 0.3 is 0 Å². The van der Waals surface area contributed by atoms with Gasteiger partial charge in [-0.2, -0.15) is 0 Å². The second-order valence-corrected chi connectivity index (χ2v) is 15.3. The van der Waals surface area contributed by atoms with Gasteiger partial charge in [-0.15, -0.1) is 0 Å². The van der Waals surface area contributed by atoms with Crippen molar-refractivity contribution in [2.24, 2.45) is 0 Å². The van der Waals surface area contributed by atoms with Crippen LogP contribution in [0.5, 0.6) is 0 Å². The van der Waals surface area contributed by atoms with Crippen LogP contribution in [0.1, 0.15) is 38.5 Å². The zero-order chi connectivity index (χ0) is 34.2. The lowest BCUT2D eigenvalue weighted by atomic mass is 9.82. The number of anilines is 2. The molecular weight excluding hydrogens is 629 g/mol. The second kappa shape index (κ2) is 12.0. The molecule has 252 valence electrons. The van der Waals surface area contributed by atoms with Crippen molar-refractivity contribution in [2.45, 2.75) is 38.5 Å². The van der Waals surface area contributed by atoms with Gasteiger partial charge in [0.1, 0.15) is 0 Å². The Morgan fingerprint density at radius 2 is 0.769 bits per heavy atom. The number of nitrogens with zero attached hydrogens (tertiary/aromatic N) is 2. The highest BCUT2D eigenvalue weighted by molar-refractivity contribution is 6.28. The maximum Gasteiger partial charge on any atom is 0.0372 e. The van der Waals surface area contributed by atoms with Crippen LogP contribution >= 0.6 is 0 Å². The highest BCUT2D eigenvalue weighted by Crippen LogP contribution is 2.53. The van der Waals surface area contributed by atoms with Crippen LogP contribution in [0, 0.1) is 0 Å². The largest absolute Gasteiger partial charge is 0.372 e. The average molecular weight is 671 g/mol. The standard InChI is InChI=1S/C50H42N2/c1-7-27-51(28-8-1)34-22-24-45-46(31-34)49(39-18-11-14-33-13-3-4-15-36(33)39)44-23-21-35(52-29-9-2-10-30-52)32-47(44)50(45)43-26-25-42-38-17-6-5-16-37(38)40-19-12-20-41(43)48(40)42/h3-6,11-26,31-32H,1-2,7-10,27-30H2. The first-order valence-electron chi connectivity index (χ1n) is 19.5. The Balaban J connectivity index is 1.28. The third-order valence-corrected chi connectivity index (χ3v) is 12.4. The molecule has 2 fully saturated rings. The summed E-state index contributed by atoms with van der Waals surface area (Å²) in [5.74, 6) is 0. The van der Waals surface area contributed by atoms with Gasteiger partial charge in [-0.25, -0.2) is 0 Å². The van der Waals surface area contributed by atoms with E-state index in [9.17, 15) is 0 Å². The van der Waals surface area contributed by atoms with E-state index >= 15 is 0 Å². The van der Waals surface area contributed by atoms with Crippen LogP contribution in [0.2, 0.25) is 0 Å². The summed E-state index contributed by atoms with van der Waals surface area (Å²) < 4.78 is 0. The SMILES string of the molecule is c1ccc2c(c1)-c1cccc3c(-c4c5ccc(N6CCCCC6)cc5c(-c5cccc6ccccc56)c5ccc(N6CCCCC6)cc45)ccc-2c13. The molecule has 0 atom stereocenters. The monoisotopic (exact) mass is 670 g/mol. The third kappa shape index (κ3) is 4.56. The Hall–Kier alpha value is -5.60. The lowest BCUT2D eigenvalue weighted by molar-refractivity contribution is 0.578. The molecule has 11 rings (SSSR count). The Bertz CT molecular complexity index is 2670. The van der Waals surface area contributed by atoms with Gasteiger partial charge in [0.25, 0.3) is 0 Å². The average Bonchev–Trinajstić information content (AvgIpc) is 3.55. The number of fused-ring (bicyclic) bond motifs is 6. The van der Waals surface area contributed by atoms with E-state index in [4.69, 9.17) is 0 Å². The molecular formula is C50H42N2. The molecule has 2 heterocycles. The molecule has 2 aliphatic heterocycles. The molecule has 2 heteroatoms. The van der Waals surface area contributed by atoms with Gasteiger partial charge < -0.3 is 9.80 Å². The zero-order valence-electron chi connectivity index (χ0n) is 29.7. The molecule has 0 unspecified atom stereocenters. The summed E-state index contributed by atoms with van der Waals surface area (Å²) in [6.45, 7) is 4.51. The topological polar surface area (TPSA) is 6.48 Å². The van der Waals surface area contributed by atoms with Crippen molar-refractivity contribution in [3.8, 4) is 44.5 Å². The predicted molar refractivity (Wildman–Crippen MR) is 224 cm³/mol. The van der Waals surface area contributed by atoms with Crippen molar-refractivity contribution in [3.63, 3.8) is 0 Å². The van der Waals surface area contributed by atoms with E-state index < -0.39 is 0 Å². The number of hydrogen-bond acceptors (Lipinski definition) is 2. The fourth-order valence-electron chi connectivity index (χ4n) is 9.95. The predicted octanol–water partition coefficient (Wildman–Crippen LogP) is 13.3. The smallest absolute Gasteiger partial charge is 0.0372 e. The first-order chi connectivity index (χ1) is 25.8. The highest BCUT2D eigenvalue weighted by Gasteiger charge is 2.26. The molecule has 0 N–H and O–H groups in total. The molecule has 2 saturated heterocycles. The minimum absolute atomic E-state index is 1.13. The number of hydrogen-bond donors (Lipinski definition) is 0. The van der Waals surface area contributed by atoms with Crippen molar-refractivity contribution >= 4 is 54.5 Å². The lowest BCUT2D eigenvalue weighted by Crippen LogP contribution is -2.29. The van der Waals surface area contributed by atoms with Gasteiger partial charge in [-0.3, -0.25) is 0 Å². The van der Waals surface area contributed by atoms with Crippen LogP contribution in [-0.2, 0) is 0 Å². The van der Waals surface area contributed by atoms with Crippen LogP contribution in [0.4, 0.5) is 11.4 Å².